The quantitative estimate of drug-likeness (QED) is 0.463. The molecule has 1 heterocycles. The van der Waals surface area contributed by atoms with Crippen molar-refractivity contribution in [2.24, 2.45) is 0 Å². The summed E-state index contributed by atoms with van der Waals surface area (Å²) < 4.78 is 22.7. The van der Waals surface area contributed by atoms with E-state index in [4.69, 9.17) is 5.11 Å². The second-order valence-electron chi connectivity index (χ2n) is 2.82. The second kappa shape index (κ2) is 3.79. The summed E-state index contributed by atoms with van der Waals surface area (Å²) in [5.74, 6) is -1.83. The Hall–Kier alpha value is -1.37. The molecule has 0 aromatic heterocycles. The van der Waals surface area contributed by atoms with E-state index in [-0.39, 0.29) is 6.42 Å². The fourth-order valence-electron chi connectivity index (χ4n) is 1.11. The Kier molecular flexibility index (Phi) is 2.90. The molecule has 1 unspecified atom stereocenters. The molecule has 1 rings (SSSR count). The summed E-state index contributed by atoms with van der Waals surface area (Å²) in [5, 5.41) is 8.87. The standard InChI is InChI=1S/C7H9NO5S/c9-2-1-3-14(12,13)5-4-6(10)8-7(5)11/h1-2,5,9H,3-4H2,(H,8,10,11). The van der Waals surface area contributed by atoms with E-state index in [2.05, 4.69) is 0 Å². The van der Waals surface area contributed by atoms with Crippen molar-refractivity contribution in [2.45, 2.75) is 11.7 Å². The number of hydrogen-bond acceptors (Lipinski definition) is 5. The summed E-state index contributed by atoms with van der Waals surface area (Å²) in [5.41, 5.74) is 0. The molecule has 78 valence electrons. The zero-order valence-corrected chi connectivity index (χ0v) is 7.95. The van der Waals surface area contributed by atoms with E-state index in [1.165, 1.54) is 0 Å². The molecule has 0 spiro atoms. The number of carbonyl (C=O) groups excluding carboxylic acids is 2. The lowest BCUT2D eigenvalue weighted by Crippen LogP contribution is -2.31. The van der Waals surface area contributed by atoms with Crippen LogP contribution in [0.1, 0.15) is 6.42 Å². The fraction of sp³-hybridized carbons (Fsp3) is 0.429. The van der Waals surface area contributed by atoms with Crippen LogP contribution in [0.4, 0.5) is 0 Å². The van der Waals surface area contributed by atoms with E-state index in [0.29, 0.717) is 6.26 Å². The van der Waals surface area contributed by atoms with Gasteiger partial charge in [0.25, 0.3) is 0 Å². The van der Waals surface area contributed by atoms with Crippen LogP contribution in [-0.4, -0.2) is 36.3 Å². The number of hydrogen-bond donors (Lipinski definition) is 2. The zero-order valence-electron chi connectivity index (χ0n) is 7.13. The van der Waals surface area contributed by atoms with Gasteiger partial charge in [-0.25, -0.2) is 8.42 Å². The Balaban J connectivity index is 2.83. The highest BCUT2D eigenvalue weighted by molar-refractivity contribution is 7.93. The minimum Gasteiger partial charge on any atom is -0.516 e. The minimum atomic E-state index is -3.68. The van der Waals surface area contributed by atoms with Crippen molar-refractivity contribution in [1.82, 2.24) is 5.32 Å². The van der Waals surface area contributed by atoms with Gasteiger partial charge in [-0.3, -0.25) is 14.9 Å². The lowest BCUT2D eigenvalue weighted by atomic mass is 10.4. The van der Waals surface area contributed by atoms with Crippen LogP contribution >= 0.6 is 0 Å². The van der Waals surface area contributed by atoms with Crippen molar-refractivity contribution in [1.29, 1.82) is 0 Å². The van der Waals surface area contributed by atoms with Gasteiger partial charge in [0.2, 0.25) is 11.8 Å². The minimum absolute atomic E-state index is 0.333. The SMILES string of the molecule is O=C1CC(S(=O)(=O)CC=CO)C(=O)N1. The summed E-state index contributed by atoms with van der Waals surface area (Å²) in [4.78, 5) is 21.7. The van der Waals surface area contributed by atoms with Crippen molar-refractivity contribution < 1.29 is 23.1 Å². The summed E-state index contributed by atoms with van der Waals surface area (Å²) >= 11 is 0. The molecule has 2 amide bonds. The van der Waals surface area contributed by atoms with Gasteiger partial charge in [-0.1, -0.05) is 0 Å². The Morgan fingerprint density at radius 1 is 1.50 bits per heavy atom. The molecule has 14 heavy (non-hydrogen) atoms. The molecule has 0 aromatic carbocycles. The van der Waals surface area contributed by atoms with Crippen molar-refractivity contribution in [3.63, 3.8) is 0 Å². The summed E-state index contributed by atoms with van der Waals surface area (Å²) in [7, 11) is -3.68. The van der Waals surface area contributed by atoms with Crippen LogP contribution in [0, 0.1) is 0 Å². The van der Waals surface area contributed by atoms with Crippen LogP contribution < -0.4 is 5.32 Å². The fourth-order valence-corrected chi connectivity index (χ4v) is 2.49. The molecule has 1 aliphatic heterocycles. The Morgan fingerprint density at radius 2 is 2.14 bits per heavy atom. The van der Waals surface area contributed by atoms with Crippen LogP contribution in [0.2, 0.25) is 0 Å². The second-order valence-corrected chi connectivity index (χ2v) is 5.05. The van der Waals surface area contributed by atoms with Crippen LogP contribution in [0.3, 0.4) is 0 Å². The van der Waals surface area contributed by atoms with Gasteiger partial charge in [0.05, 0.1) is 18.4 Å². The maximum Gasteiger partial charge on any atom is 0.245 e. The van der Waals surface area contributed by atoms with Crippen LogP contribution in [0.15, 0.2) is 12.3 Å². The number of carbonyl (C=O) groups is 2. The average Bonchev–Trinajstić information content (AvgIpc) is 2.42. The van der Waals surface area contributed by atoms with Crippen molar-refractivity contribution in [3.8, 4) is 0 Å². The number of aliphatic hydroxyl groups excluding tert-OH is 1. The van der Waals surface area contributed by atoms with E-state index < -0.39 is 32.7 Å². The maximum absolute atomic E-state index is 11.4. The van der Waals surface area contributed by atoms with Crippen LogP contribution in [0.5, 0.6) is 0 Å². The van der Waals surface area contributed by atoms with Crippen LogP contribution in [0.25, 0.3) is 0 Å². The van der Waals surface area contributed by atoms with Crippen molar-refractivity contribution in [3.05, 3.63) is 12.3 Å². The average molecular weight is 219 g/mol. The number of imide groups is 1. The number of aliphatic hydroxyl groups is 1. The molecular weight excluding hydrogens is 210 g/mol. The van der Waals surface area contributed by atoms with Gasteiger partial charge in [-0.05, 0) is 6.08 Å². The third-order valence-electron chi connectivity index (χ3n) is 1.79. The van der Waals surface area contributed by atoms with Gasteiger partial charge in [0.1, 0.15) is 5.25 Å². The van der Waals surface area contributed by atoms with Gasteiger partial charge < -0.3 is 5.11 Å². The smallest absolute Gasteiger partial charge is 0.245 e. The molecule has 1 fully saturated rings. The molecule has 1 atom stereocenters. The van der Waals surface area contributed by atoms with Gasteiger partial charge in [0.15, 0.2) is 9.84 Å². The molecule has 1 saturated heterocycles. The molecule has 7 heteroatoms. The normalized spacial score (nSPS) is 23.0. The zero-order chi connectivity index (χ0) is 10.8. The first kappa shape index (κ1) is 10.7. The van der Waals surface area contributed by atoms with Crippen molar-refractivity contribution in [2.75, 3.05) is 5.75 Å². The molecule has 2 N–H and O–H groups in total. The lowest BCUT2D eigenvalue weighted by Gasteiger charge is -2.04. The van der Waals surface area contributed by atoms with E-state index >= 15 is 0 Å². The summed E-state index contributed by atoms with van der Waals surface area (Å²) in [6.45, 7) is 0. The molecule has 0 saturated carbocycles. The lowest BCUT2D eigenvalue weighted by molar-refractivity contribution is -0.124. The van der Waals surface area contributed by atoms with E-state index in [1.54, 1.807) is 0 Å². The van der Waals surface area contributed by atoms with Crippen molar-refractivity contribution >= 4 is 21.7 Å². The summed E-state index contributed by atoms with van der Waals surface area (Å²) in [6.07, 6.45) is 1.26. The highest BCUT2D eigenvalue weighted by atomic mass is 32.2. The topological polar surface area (TPSA) is 101 Å². The first-order chi connectivity index (χ1) is 6.47. The first-order valence-electron chi connectivity index (χ1n) is 3.82. The van der Waals surface area contributed by atoms with Gasteiger partial charge in [-0.15, -0.1) is 0 Å². The van der Waals surface area contributed by atoms with E-state index in [9.17, 15) is 18.0 Å². The third-order valence-corrected chi connectivity index (χ3v) is 3.70. The highest BCUT2D eigenvalue weighted by Crippen LogP contribution is 2.13. The predicted octanol–water partition coefficient (Wildman–Crippen LogP) is -1.11. The Morgan fingerprint density at radius 3 is 2.57 bits per heavy atom. The number of rotatable bonds is 3. The molecule has 0 aromatic rings. The molecule has 0 aliphatic carbocycles. The van der Waals surface area contributed by atoms with Gasteiger partial charge in [0, 0.05) is 0 Å². The number of amides is 2. The molecule has 1 aliphatic rings. The van der Waals surface area contributed by atoms with E-state index in [1.807, 2.05) is 5.32 Å². The molecule has 0 radical (unpaired) electrons. The largest absolute Gasteiger partial charge is 0.516 e. The van der Waals surface area contributed by atoms with E-state index in [0.717, 1.165) is 6.08 Å². The highest BCUT2D eigenvalue weighted by Gasteiger charge is 2.39. The number of sulfone groups is 1. The third kappa shape index (κ3) is 2.11. The number of nitrogens with one attached hydrogen (secondary N) is 1. The monoisotopic (exact) mass is 219 g/mol. The van der Waals surface area contributed by atoms with Crippen LogP contribution in [-0.2, 0) is 19.4 Å². The molecule has 0 bridgehead atoms. The first-order valence-corrected chi connectivity index (χ1v) is 5.53. The summed E-state index contributed by atoms with van der Waals surface area (Å²) in [6, 6.07) is 0. The molecule has 6 nitrogen and oxygen atoms in total. The molecular formula is C7H9NO5S. The van der Waals surface area contributed by atoms with Gasteiger partial charge in [-0.2, -0.15) is 0 Å². The Bertz CT molecular complexity index is 383. The predicted molar refractivity (Wildman–Crippen MR) is 47.1 cm³/mol. The maximum atomic E-state index is 11.4. The van der Waals surface area contributed by atoms with Gasteiger partial charge >= 0.3 is 0 Å². The Labute approximate surface area is 80.5 Å².